The molecule has 0 amide bonds. The molecule has 0 aromatic heterocycles. The first kappa shape index (κ1) is 14.1. The van der Waals surface area contributed by atoms with Crippen LogP contribution in [-0.4, -0.2) is 23.7 Å². The van der Waals surface area contributed by atoms with Crippen LogP contribution < -0.4 is 4.90 Å². The number of benzene rings is 2. The maximum absolute atomic E-state index is 11.3. The van der Waals surface area contributed by atoms with Crippen molar-refractivity contribution in [2.24, 2.45) is 0 Å². The van der Waals surface area contributed by atoms with Gasteiger partial charge in [-0.25, -0.2) is 4.79 Å². The van der Waals surface area contributed by atoms with Crippen LogP contribution in [0.3, 0.4) is 0 Å². The van der Waals surface area contributed by atoms with Crippen molar-refractivity contribution in [2.45, 2.75) is 19.9 Å². The molecule has 2 aromatic carbocycles. The minimum Gasteiger partial charge on any atom is -0.478 e. The van der Waals surface area contributed by atoms with E-state index in [1.807, 2.05) is 36.4 Å². The maximum Gasteiger partial charge on any atom is 0.336 e. The van der Waals surface area contributed by atoms with E-state index in [2.05, 4.69) is 25.3 Å². The quantitative estimate of drug-likeness (QED) is 0.836. The van der Waals surface area contributed by atoms with Crippen LogP contribution in [0.2, 0.25) is 0 Å². The SMILES string of the molecule is C=CCN(c1ccc(C(=O)O)c2ccccc12)C(C)C. The lowest BCUT2D eigenvalue weighted by atomic mass is 10.0. The van der Waals surface area contributed by atoms with E-state index in [9.17, 15) is 9.90 Å². The highest BCUT2D eigenvalue weighted by atomic mass is 16.4. The lowest BCUT2D eigenvalue weighted by Crippen LogP contribution is -2.31. The number of carboxylic acid groups (broad SMARTS) is 1. The van der Waals surface area contributed by atoms with Crippen LogP contribution in [0.25, 0.3) is 10.8 Å². The Morgan fingerprint density at radius 1 is 1.25 bits per heavy atom. The van der Waals surface area contributed by atoms with Crippen molar-refractivity contribution in [3.63, 3.8) is 0 Å². The Morgan fingerprint density at radius 3 is 2.45 bits per heavy atom. The lowest BCUT2D eigenvalue weighted by molar-refractivity contribution is 0.0699. The molecule has 2 rings (SSSR count). The van der Waals surface area contributed by atoms with Gasteiger partial charge in [-0.3, -0.25) is 0 Å². The molecule has 0 aliphatic carbocycles. The monoisotopic (exact) mass is 269 g/mol. The van der Waals surface area contributed by atoms with Crippen LogP contribution in [0.15, 0.2) is 49.1 Å². The van der Waals surface area contributed by atoms with E-state index < -0.39 is 5.97 Å². The number of hydrogen-bond donors (Lipinski definition) is 1. The highest BCUT2D eigenvalue weighted by Crippen LogP contribution is 2.30. The van der Waals surface area contributed by atoms with E-state index in [0.29, 0.717) is 11.6 Å². The van der Waals surface area contributed by atoms with Gasteiger partial charge in [-0.05, 0) is 31.4 Å². The number of nitrogens with zero attached hydrogens (tertiary/aromatic N) is 1. The molecule has 0 aliphatic heterocycles. The molecular weight excluding hydrogens is 250 g/mol. The fourth-order valence-electron chi connectivity index (χ4n) is 2.45. The first-order chi connectivity index (χ1) is 9.56. The molecular formula is C17H19NO2. The van der Waals surface area contributed by atoms with Crippen LogP contribution in [-0.2, 0) is 0 Å². The van der Waals surface area contributed by atoms with Crippen molar-refractivity contribution in [3.8, 4) is 0 Å². The van der Waals surface area contributed by atoms with Crippen LogP contribution in [0, 0.1) is 0 Å². The number of rotatable bonds is 5. The highest BCUT2D eigenvalue weighted by Gasteiger charge is 2.16. The fourth-order valence-corrected chi connectivity index (χ4v) is 2.45. The number of carboxylic acids is 1. The average molecular weight is 269 g/mol. The maximum atomic E-state index is 11.3. The minimum atomic E-state index is -0.896. The Bertz CT molecular complexity index is 646. The molecule has 0 unspecified atom stereocenters. The summed E-state index contributed by atoms with van der Waals surface area (Å²) in [7, 11) is 0. The largest absolute Gasteiger partial charge is 0.478 e. The van der Waals surface area contributed by atoms with Crippen LogP contribution in [0.5, 0.6) is 0 Å². The summed E-state index contributed by atoms with van der Waals surface area (Å²) in [4.78, 5) is 13.5. The molecule has 2 aromatic rings. The summed E-state index contributed by atoms with van der Waals surface area (Å²) >= 11 is 0. The Balaban J connectivity index is 2.69. The van der Waals surface area contributed by atoms with Crippen molar-refractivity contribution in [1.82, 2.24) is 0 Å². The van der Waals surface area contributed by atoms with Crippen molar-refractivity contribution in [2.75, 3.05) is 11.4 Å². The first-order valence-corrected chi connectivity index (χ1v) is 6.68. The molecule has 0 atom stereocenters. The molecule has 1 N–H and O–H groups in total. The summed E-state index contributed by atoms with van der Waals surface area (Å²) < 4.78 is 0. The van der Waals surface area contributed by atoms with E-state index in [1.54, 1.807) is 6.07 Å². The number of anilines is 1. The summed E-state index contributed by atoms with van der Waals surface area (Å²) in [5.74, 6) is -0.896. The molecule has 0 radical (unpaired) electrons. The predicted octanol–water partition coefficient (Wildman–Crippen LogP) is 3.94. The van der Waals surface area contributed by atoms with Gasteiger partial charge in [0.05, 0.1) is 5.56 Å². The summed E-state index contributed by atoms with van der Waals surface area (Å²) in [6, 6.07) is 11.5. The molecule has 0 fully saturated rings. The van der Waals surface area contributed by atoms with Gasteiger partial charge in [0.25, 0.3) is 0 Å². The molecule has 20 heavy (non-hydrogen) atoms. The standard InChI is InChI=1S/C17H19NO2/c1-4-11-18(12(2)3)16-10-9-15(17(19)20)13-7-5-6-8-14(13)16/h4-10,12H,1,11H2,2-3H3,(H,19,20). The number of aromatic carboxylic acids is 1. The zero-order valence-electron chi connectivity index (χ0n) is 11.8. The first-order valence-electron chi connectivity index (χ1n) is 6.68. The third-order valence-corrected chi connectivity index (χ3v) is 3.39. The fraction of sp³-hybridized carbons (Fsp3) is 0.235. The molecule has 0 aliphatic rings. The van der Waals surface area contributed by atoms with E-state index in [0.717, 1.165) is 23.0 Å². The average Bonchev–Trinajstić information content (AvgIpc) is 2.43. The Morgan fingerprint density at radius 2 is 1.90 bits per heavy atom. The van der Waals surface area contributed by atoms with Crippen LogP contribution in [0.4, 0.5) is 5.69 Å². The molecule has 104 valence electrons. The molecule has 0 bridgehead atoms. The minimum absolute atomic E-state index is 0.312. The summed E-state index contributed by atoms with van der Waals surface area (Å²) in [6.07, 6.45) is 1.86. The van der Waals surface area contributed by atoms with Gasteiger partial charge in [-0.2, -0.15) is 0 Å². The van der Waals surface area contributed by atoms with Crippen molar-refractivity contribution < 1.29 is 9.90 Å². The summed E-state index contributed by atoms with van der Waals surface area (Å²) in [5.41, 5.74) is 1.38. The van der Waals surface area contributed by atoms with Gasteiger partial charge in [0, 0.05) is 23.7 Å². The van der Waals surface area contributed by atoms with Crippen LogP contribution >= 0.6 is 0 Å². The lowest BCUT2D eigenvalue weighted by Gasteiger charge is -2.29. The van der Waals surface area contributed by atoms with Gasteiger partial charge in [-0.1, -0.05) is 30.3 Å². The zero-order chi connectivity index (χ0) is 14.7. The molecule has 0 spiro atoms. The second-order valence-electron chi connectivity index (χ2n) is 5.02. The molecule has 0 heterocycles. The Hall–Kier alpha value is -2.29. The second kappa shape index (κ2) is 5.78. The normalized spacial score (nSPS) is 10.8. The van der Waals surface area contributed by atoms with Gasteiger partial charge in [0.15, 0.2) is 0 Å². The van der Waals surface area contributed by atoms with Gasteiger partial charge in [0.2, 0.25) is 0 Å². The third kappa shape index (κ3) is 2.52. The number of hydrogen-bond acceptors (Lipinski definition) is 2. The van der Waals surface area contributed by atoms with Crippen LogP contribution in [0.1, 0.15) is 24.2 Å². The second-order valence-corrected chi connectivity index (χ2v) is 5.02. The smallest absolute Gasteiger partial charge is 0.336 e. The molecule has 0 saturated heterocycles. The summed E-state index contributed by atoms with van der Waals surface area (Å²) in [5, 5.41) is 11.0. The molecule has 0 saturated carbocycles. The van der Waals surface area contributed by atoms with Gasteiger partial charge in [0.1, 0.15) is 0 Å². The Labute approximate surface area is 119 Å². The van der Waals surface area contributed by atoms with E-state index in [-0.39, 0.29) is 0 Å². The predicted molar refractivity (Wildman–Crippen MR) is 83.6 cm³/mol. The van der Waals surface area contributed by atoms with Gasteiger partial charge in [-0.15, -0.1) is 6.58 Å². The number of fused-ring (bicyclic) bond motifs is 1. The number of carbonyl (C=O) groups is 1. The summed E-state index contributed by atoms with van der Waals surface area (Å²) in [6.45, 7) is 8.76. The van der Waals surface area contributed by atoms with Gasteiger partial charge >= 0.3 is 5.97 Å². The van der Waals surface area contributed by atoms with E-state index in [1.165, 1.54) is 0 Å². The van der Waals surface area contributed by atoms with Crippen molar-refractivity contribution in [1.29, 1.82) is 0 Å². The molecule has 3 nitrogen and oxygen atoms in total. The molecule has 3 heteroatoms. The topological polar surface area (TPSA) is 40.5 Å². The zero-order valence-corrected chi connectivity index (χ0v) is 11.8. The van der Waals surface area contributed by atoms with E-state index in [4.69, 9.17) is 0 Å². The third-order valence-electron chi connectivity index (χ3n) is 3.39. The Kier molecular flexibility index (Phi) is 4.08. The highest BCUT2D eigenvalue weighted by molar-refractivity contribution is 6.07. The van der Waals surface area contributed by atoms with Crippen molar-refractivity contribution >= 4 is 22.4 Å². The van der Waals surface area contributed by atoms with E-state index >= 15 is 0 Å². The van der Waals surface area contributed by atoms with Crippen molar-refractivity contribution in [3.05, 3.63) is 54.6 Å². The van der Waals surface area contributed by atoms with Gasteiger partial charge < -0.3 is 10.0 Å².